The van der Waals surface area contributed by atoms with Gasteiger partial charge in [0.05, 0.1) is 16.4 Å². The minimum Gasteiger partial charge on any atom is -0.365 e. The van der Waals surface area contributed by atoms with E-state index in [1.165, 1.54) is 15.6 Å². The summed E-state index contributed by atoms with van der Waals surface area (Å²) in [5.74, 6) is -1.30. The number of nitrogens with one attached hydrogen (secondary N) is 1. The SMILES string of the molecule is CCCN1CCc2c(sc(NC(=O)C3CCCN(S(=O)(=O)c4ccccc4)C3)c2C(N)=O)C1. The largest absolute Gasteiger partial charge is 0.365 e. The lowest BCUT2D eigenvalue weighted by Gasteiger charge is -2.31. The number of carbonyl (C=O) groups excluding carboxylic acids is 2. The lowest BCUT2D eigenvalue weighted by Crippen LogP contribution is -2.43. The third-order valence-corrected chi connectivity index (χ3v) is 9.31. The highest BCUT2D eigenvalue weighted by Gasteiger charge is 2.34. The molecule has 3 N–H and O–H groups in total. The topological polar surface area (TPSA) is 113 Å². The molecule has 4 rings (SSSR count). The number of nitrogens with zero attached hydrogens (tertiary/aromatic N) is 2. The molecule has 0 aliphatic carbocycles. The first-order valence-electron chi connectivity index (χ1n) is 11.3. The van der Waals surface area contributed by atoms with E-state index in [1.54, 1.807) is 30.3 Å². The second kappa shape index (κ2) is 9.92. The van der Waals surface area contributed by atoms with Gasteiger partial charge in [0.1, 0.15) is 5.00 Å². The highest BCUT2D eigenvalue weighted by molar-refractivity contribution is 7.89. The molecule has 2 amide bonds. The summed E-state index contributed by atoms with van der Waals surface area (Å²) in [4.78, 5) is 29.0. The maximum Gasteiger partial charge on any atom is 0.251 e. The molecule has 0 saturated carbocycles. The Morgan fingerprint density at radius 3 is 2.67 bits per heavy atom. The minimum atomic E-state index is -3.66. The fourth-order valence-electron chi connectivity index (χ4n) is 4.64. The van der Waals surface area contributed by atoms with Gasteiger partial charge in [-0.2, -0.15) is 4.31 Å². The molecule has 0 spiro atoms. The minimum absolute atomic E-state index is 0.115. The van der Waals surface area contributed by atoms with E-state index in [0.717, 1.165) is 42.9 Å². The molecule has 1 aromatic carbocycles. The highest BCUT2D eigenvalue weighted by atomic mass is 32.2. The van der Waals surface area contributed by atoms with Crippen LogP contribution in [0.15, 0.2) is 35.2 Å². The number of benzene rings is 1. The zero-order chi connectivity index (χ0) is 23.6. The van der Waals surface area contributed by atoms with Crippen molar-refractivity contribution in [2.24, 2.45) is 11.7 Å². The Balaban J connectivity index is 1.51. The first kappa shape index (κ1) is 23.9. The molecule has 0 bridgehead atoms. The molecule has 33 heavy (non-hydrogen) atoms. The van der Waals surface area contributed by atoms with Crippen LogP contribution in [0.1, 0.15) is 47.0 Å². The Labute approximate surface area is 198 Å². The number of fused-ring (bicyclic) bond motifs is 1. The summed E-state index contributed by atoms with van der Waals surface area (Å²) < 4.78 is 27.4. The predicted octanol–water partition coefficient (Wildman–Crippen LogP) is 2.65. The number of thiophene rings is 1. The summed E-state index contributed by atoms with van der Waals surface area (Å²) >= 11 is 1.41. The summed E-state index contributed by atoms with van der Waals surface area (Å²) in [5, 5.41) is 3.40. The molecule has 1 saturated heterocycles. The van der Waals surface area contributed by atoms with Crippen LogP contribution in [0, 0.1) is 5.92 Å². The van der Waals surface area contributed by atoms with Gasteiger partial charge in [-0.25, -0.2) is 8.42 Å². The fraction of sp³-hybridized carbons (Fsp3) is 0.478. The Morgan fingerprint density at radius 2 is 1.97 bits per heavy atom. The lowest BCUT2D eigenvalue weighted by atomic mass is 9.98. The van der Waals surface area contributed by atoms with Gasteiger partial charge in [-0.05, 0) is 49.9 Å². The molecule has 8 nitrogen and oxygen atoms in total. The van der Waals surface area contributed by atoms with Gasteiger partial charge in [0.25, 0.3) is 5.91 Å². The van der Waals surface area contributed by atoms with Crippen LogP contribution in [0.4, 0.5) is 5.00 Å². The smallest absolute Gasteiger partial charge is 0.251 e. The van der Waals surface area contributed by atoms with Crippen molar-refractivity contribution in [3.8, 4) is 0 Å². The van der Waals surface area contributed by atoms with E-state index in [9.17, 15) is 18.0 Å². The average molecular weight is 491 g/mol. The van der Waals surface area contributed by atoms with E-state index >= 15 is 0 Å². The van der Waals surface area contributed by atoms with Crippen molar-refractivity contribution in [3.63, 3.8) is 0 Å². The Morgan fingerprint density at radius 1 is 1.21 bits per heavy atom. The highest BCUT2D eigenvalue weighted by Crippen LogP contribution is 2.37. The van der Waals surface area contributed by atoms with Crippen LogP contribution in [0.3, 0.4) is 0 Å². The van der Waals surface area contributed by atoms with E-state index in [4.69, 9.17) is 5.73 Å². The normalized spacial score (nSPS) is 19.7. The van der Waals surface area contributed by atoms with Crippen molar-refractivity contribution in [1.82, 2.24) is 9.21 Å². The zero-order valence-electron chi connectivity index (χ0n) is 18.7. The molecular formula is C23H30N4O4S2. The number of anilines is 1. The van der Waals surface area contributed by atoms with Crippen LogP contribution in [-0.2, 0) is 27.8 Å². The van der Waals surface area contributed by atoms with Crippen LogP contribution < -0.4 is 11.1 Å². The third kappa shape index (κ3) is 4.98. The summed E-state index contributed by atoms with van der Waals surface area (Å²) in [5.41, 5.74) is 7.03. The molecule has 2 aliphatic rings. The van der Waals surface area contributed by atoms with Gasteiger partial charge in [0.15, 0.2) is 0 Å². The van der Waals surface area contributed by atoms with Crippen LogP contribution in [0.2, 0.25) is 0 Å². The van der Waals surface area contributed by atoms with Crippen LogP contribution in [-0.4, -0.2) is 55.6 Å². The van der Waals surface area contributed by atoms with Crippen molar-refractivity contribution in [2.45, 2.75) is 44.0 Å². The molecule has 3 heterocycles. The maximum atomic E-state index is 13.1. The Hall–Kier alpha value is -2.27. The predicted molar refractivity (Wildman–Crippen MR) is 129 cm³/mol. The quantitative estimate of drug-likeness (QED) is 0.620. The number of piperidine rings is 1. The number of sulfonamides is 1. The maximum absolute atomic E-state index is 13.1. The molecule has 0 radical (unpaired) electrons. The molecule has 1 unspecified atom stereocenters. The standard InChI is InChI=1S/C23H30N4O4S2/c1-2-11-26-13-10-18-19(15-26)32-23(20(18)21(24)28)25-22(29)16-7-6-12-27(14-16)33(30,31)17-8-4-3-5-9-17/h3-5,8-9,16H,2,6-7,10-15H2,1H3,(H2,24,28)(H,25,29). The van der Waals surface area contributed by atoms with Gasteiger partial charge in [-0.3, -0.25) is 14.5 Å². The van der Waals surface area contributed by atoms with Crippen LogP contribution in [0.25, 0.3) is 0 Å². The number of primary amides is 1. The summed E-state index contributed by atoms with van der Waals surface area (Å²) in [6.45, 7) is 5.23. The number of amides is 2. The van der Waals surface area contributed by atoms with E-state index in [-0.39, 0.29) is 17.3 Å². The van der Waals surface area contributed by atoms with E-state index < -0.39 is 21.8 Å². The third-order valence-electron chi connectivity index (χ3n) is 6.29. The Kier molecular flexibility index (Phi) is 7.18. The van der Waals surface area contributed by atoms with Crippen molar-refractivity contribution < 1.29 is 18.0 Å². The molecule has 1 aromatic heterocycles. The molecule has 178 valence electrons. The van der Waals surface area contributed by atoms with Crippen molar-refractivity contribution in [2.75, 3.05) is 31.5 Å². The summed E-state index contributed by atoms with van der Waals surface area (Å²) in [7, 11) is -3.66. The molecule has 10 heteroatoms. The van der Waals surface area contributed by atoms with Crippen LogP contribution in [0.5, 0.6) is 0 Å². The monoisotopic (exact) mass is 490 g/mol. The summed E-state index contributed by atoms with van der Waals surface area (Å²) in [6, 6.07) is 8.27. The zero-order valence-corrected chi connectivity index (χ0v) is 20.4. The van der Waals surface area contributed by atoms with Gasteiger partial charge in [-0.1, -0.05) is 25.1 Å². The van der Waals surface area contributed by atoms with Crippen molar-refractivity contribution >= 4 is 38.2 Å². The molecule has 2 aliphatic heterocycles. The molecule has 1 atom stereocenters. The summed E-state index contributed by atoms with van der Waals surface area (Å²) in [6.07, 6.45) is 2.97. The van der Waals surface area contributed by atoms with Gasteiger partial charge in [-0.15, -0.1) is 11.3 Å². The Bertz CT molecular complexity index is 1130. The van der Waals surface area contributed by atoms with E-state index in [2.05, 4.69) is 17.1 Å². The molecule has 2 aromatic rings. The van der Waals surface area contributed by atoms with Gasteiger partial charge < -0.3 is 11.1 Å². The van der Waals surface area contributed by atoms with Crippen molar-refractivity contribution in [1.29, 1.82) is 0 Å². The first-order chi connectivity index (χ1) is 15.8. The average Bonchev–Trinajstić information content (AvgIpc) is 3.17. The number of hydrogen-bond donors (Lipinski definition) is 2. The van der Waals surface area contributed by atoms with Crippen LogP contribution >= 0.6 is 11.3 Å². The van der Waals surface area contributed by atoms with E-state index in [1.807, 2.05) is 0 Å². The second-order valence-corrected chi connectivity index (χ2v) is 11.6. The fourth-order valence-corrected chi connectivity index (χ4v) is 7.49. The number of carbonyl (C=O) groups is 2. The molecule has 1 fully saturated rings. The number of hydrogen-bond acceptors (Lipinski definition) is 6. The lowest BCUT2D eigenvalue weighted by molar-refractivity contribution is -0.120. The number of nitrogens with two attached hydrogens (primary N) is 1. The van der Waals surface area contributed by atoms with Gasteiger partial charge in [0.2, 0.25) is 15.9 Å². The van der Waals surface area contributed by atoms with Gasteiger partial charge >= 0.3 is 0 Å². The molecular weight excluding hydrogens is 460 g/mol. The second-order valence-electron chi connectivity index (χ2n) is 8.60. The van der Waals surface area contributed by atoms with Crippen molar-refractivity contribution in [3.05, 3.63) is 46.3 Å². The first-order valence-corrected chi connectivity index (χ1v) is 13.6. The number of rotatable bonds is 7. The van der Waals surface area contributed by atoms with Gasteiger partial charge in [0, 0.05) is 31.1 Å². The van der Waals surface area contributed by atoms with E-state index in [0.29, 0.717) is 30.0 Å².